The van der Waals surface area contributed by atoms with Crippen molar-refractivity contribution in [3.63, 3.8) is 0 Å². The first-order chi connectivity index (χ1) is 10.3. The van der Waals surface area contributed by atoms with Gasteiger partial charge in [0, 0.05) is 5.56 Å². The first-order valence-corrected chi connectivity index (χ1v) is 8.66. The van der Waals surface area contributed by atoms with E-state index >= 15 is 0 Å². The third kappa shape index (κ3) is 2.24. The van der Waals surface area contributed by atoms with Crippen molar-refractivity contribution in [2.45, 2.75) is 5.75 Å². The number of hydrogen-bond acceptors (Lipinski definition) is 7. The monoisotopic (exact) mass is 320 g/mol. The molecule has 0 N–H and O–H groups in total. The zero-order chi connectivity index (χ0) is 14.2. The molecule has 3 aromatic rings. The van der Waals surface area contributed by atoms with Crippen LogP contribution in [0.15, 0.2) is 18.2 Å². The van der Waals surface area contributed by atoms with Gasteiger partial charge in [-0.05, 0) is 24.5 Å². The Morgan fingerprint density at radius 2 is 2.10 bits per heavy atom. The van der Waals surface area contributed by atoms with E-state index in [-0.39, 0.29) is 0 Å². The Hall–Kier alpha value is -1.80. The summed E-state index contributed by atoms with van der Waals surface area (Å²) in [6.07, 6.45) is 2.04. The van der Waals surface area contributed by atoms with Gasteiger partial charge in [-0.1, -0.05) is 11.3 Å². The Bertz CT molecular complexity index is 799. The first-order valence-electron chi connectivity index (χ1n) is 6.45. The maximum Gasteiger partial charge on any atom is 0.235 e. The van der Waals surface area contributed by atoms with Crippen molar-refractivity contribution in [3.8, 4) is 22.1 Å². The van der Waals surface area contributed by atoms with Crippen LogP contribution in [0.5, 0.6) is 11.5 Å². The van der Waals surface area contributed by atoms with Crippen molar-refractivity contribution >= 4 is 28.1 Å². The number of hydrogen-bond donors (Lipinski definition) is 0. The van der Waals surface area contributed by atoms with Gasteiger partial charge in [0.15, 0.2) is 17.3 Å². The molecule has 0 saturated carbocycles. The minimum atomic E-state index is 0.583. The third-order valence-electron chi connectivity index (χ3n) is 3.12. The smallest absolute Gasteiger partial charge is 0.235 e. The highest BCUT2D eigenvalue weighted by atomic mass is 32.2. The molecule has 0 atom stereocenters. The molecule has 0 radical (unpaired) electrons. The van der Waals surface area contributed by atoms with Crippen LogP contribution in [0.1, 0.15) is 5.82 Å². The second-order valence-corrected chi connectivity index (χ2v) is 6.33. The van der Waals surface area contributed by atoms with Gasteiger partial charge in [-0.15, -0.1) is 10.2 Å². The lowest BCUT2D eigenvalue weighted by molar-refractivity contribution is 0.171. The van der Waals surface area contributed by atoms with Crippen LogP contribution in [-0.2, 0) is 5.75 Å². The lowest BCUT2D eigenvalue weighted by Crippen LogP contribution is -2.15. The van der Waals surface area contributed by atoms with Gasteiger partial charge in [-0.25, -0.2) is 0 Å². The predicted molar refractivity (Wildman–Crippen MR) is 82.3 cm³/mol. The highest BCUT2D eigenvalue weighted by Gasteiger charge is 2.16. The van der Waals surface area contributed by atoms with Gasteiger partial charge in [0.25, 0.3) is 0 Å². The quantitative estimate of drug-likeness (QED) is 0.739. The molecule has 1 aliphatic heterocycles. The van der Waals surface area contributed by atoms with Crippen LogP contribution in [0.3, 0.4) is 0 Å². The van der Waals surface area contributed by atoms with Crippen molar-refractivity contribution in [2.24, 2.45) is 0 Å². The Labute approximate surface area is 129 Å². The number of rotatable bonds is 3. The zero-order valence-electron chi connectivity index (χ0n) is 11.3. The molecular formula is C13H12N4O2S2. The molecule has 1 aromatic carbocycles. The normalized spacial score (nSPS) is 13.8. The molecule has 0 unspecified atom stereocenters. The van der Waals surface area contributed by atoms with Crippen LogP contribution >= 0.6 is 23.1 Å². The van der Waals surface area contributed by atoms with Crippen molar-refractivity contribution in [1.29, 1.82) is 0 Å². The van der Waals surface area contributed by atoms with E-state index in [0.29, 0.717) is 13.2 Å². The van der Waals surface area contributed by atoms with Crippen molar-refractivity contribution < 1.29 is 9.47 Å². The summed E-state index contributed by atoms with van der Waals surface area (Å²) in [5.41, 5.74) is 1.00. The van der Waals surface area contributed by atoms with Gasteiger partial charge in [-0.3, -0.25) is 0 Å². The fourth-order valence-corrected chi connectivity index (χ4v) is 3.46. The van der Waals surface area contributed by atoms with Crippen LogP contribution in [0, 0.1) is 0 Å². The summed E-state index contributed by atoms with van der Waals surface area (Å²) >= 11 is 3.22. The molecule has 8 heteroatoms. The van der Waals surface area contributed by atoms with Crippen molar-refractivity contribution in [3.05, 3.63) is 24.0 Å². The first kappa shape index (κ1) is 12.9. The standard InChI is InChI=1S/C13H12N4O2S2/c1-20-7-11-14-15-13-17(11)16-12(21-13)8-2-3-9-10(6-8)19-5-4-18-9/h2-3,6H,4-5,7H2,1H3. The Kier molecular flexibility index (Phi) is 3.19. The minimum Gasteiger partial charge on any atom is -0.486 e. The minimum absolute atomic E-state index is 0.583. The van der Waals surface area contributed by atoms with E-state index in [4.69, 9.17) is 9.47 Å². The number of aromatic nitrogens is 4. The largest absolute Gasteiger partial charge is 0.486 e. The summed E-state index contributed by atoms with van der Waals surface area (Å²) in [6, 6.07) is 5.89. The molecule has 6 nitrogen and oxygen atoms in total. The molecule has 0 bridgehead atoms. The van der Waals surface area contributed by atoms with Gasteiger partial charge < -0.3 is 9.47 Å². The highest BCUT2D eigenvalue weighted by molar-refractivity contribution is 7.97. The molecule has 1 aliphatic rings. The molecule has 2 aromatic heterocycles. The SMILES string of the molecule is CSCc1nnc2sc(-c3ccc4c(c3)OCCO4)nn12. The molecule has 0 aliphatic carbocycles. The number of nitrogens with zero attached hydrogens (tertiary/aromatic N) is 4. The molecule has 0 fully saturated rings. The van der Waals surface area contributed by atoms with E-state index in [1.165, 1.54) is 11.3 Å². The van der Waals surface area contributed by atoms with Crippen molar-refractivity contribution in [1.82, 2.24) is 19.8 Å². The van der Waals surface area contributed by atoms with E-state index in [1.807, 2.05) is 29.0 Å². The fourth-order valence-electron chi connectivity index (χ4n) is 2.17. The summed E-state index contributed by atoms with van der Waals surface area (Å²) < 4.78 is 13.0. The molecule has 3 heterocycles. The molecule has 108 valence electrons. The van der Waals surface area contributed by atoms with E-state index in [2.05, 4.69) is 15.3 Å². The van der Waals surface area contributed by atoms with Gasteiger partial charge >= 0.3 is 0 Å². The maximum atomic E-state index is 5.62. The van der Waals surface area contributed by atoms with Crippen LogP contribution in [0.2, 0.25) is 0 Å². The third-order valence-corrected chi connectivity index (χ3v) is 4.61. The molecule has 0 saturated heterocycles. The van der Waals surface area contributed by atoms with E-state index in [9.17, 15) is 0 Å². The van der Waals surface area contributed by atoms with Gasteiger partial charge in [-0.2, -0.15) is 21.4 Å². The molecule has 0 amide bonds. The van der Waals surface area contributed by atoms with E-state index in [0.717, 1.165) is 38.6 Å². The van der Waals surface area contributed by atoms with E-state index < -0.39 is 0 Å². The summed E-state index contributed by atoms with van der Waals surface area (Å²) in [5.74, 6) is 3.23. The fraction of sp³-hybridized carbons (Fsp3) is 0.308. The summed E-state index contributed by atoms with van der Waals surface area (Å²) in [6.45, 7) is 1.18. The van der Waals surface area contributed by atoms with E-state index in [1.54, 1.807) is 11.8 Å². The molecule has 4 rings (SSSR count). The molecule has 0 spiro atoms. The average molecular weight is 320 g/mol. The summed E-state index contributed by atoms with van der Waals surface area (Å²) in [5, 5.41) is 13.8. The topological polar surface area (TPSA) is 61.5 Å². The van der Waals surface area contributed by atoms with Crippen LogP contribution in [-0.4, -0.2) is 39.3 Å². The molecule has 21 heavy (non-hydrogen) atoms. The maximum absolute atomic E-state index is 5.62. The van der Waals surface area contributed by atoms with Crippen LogP contribution in [0.25, 0.3) is 15.5 Å². The Morgan fingerprint density at radius 1 is 1.24 bits per heavy atom. The number of benzene rings is 1. The highest BCUT2D eigenvalue weighted by Crippen LogP contribution is 2.35. The number of fused-ring (bicyclic) bond motifs is 2. The Morgan fingerprint density at radius 3 is 2.95 bits per heavy atom. The summed E-state index contributed by atoms with van der Waals surface area (Å²) in [4.78, 5) is 0.809. The predicted octanol–water partition coefficient (Wildman–Crippen LogP) is 2.49. The average Bonchev–Trinajstić information content (AvgIpc) is 3.09. The van der Waals surface area contributed by atoms with Gasteiger partial charge in [0.2, 0.25) is 4.96 Å². The van der Waals surface area contributed by atoms with Gasteiger partial charge in [0.1, 0.15) is 18.2 Å². The number of thioether (sulfide) groups is 1. The Balaban J connectivity index is 1.75. The second kappa shape index (κ2) is 5.19. The zero-order valence-corrected chi connectivity index (χ0v) is 12.9. The van der Waals surface area contributed by atoms with Crippen LogP contribution < -0.4 is 9.47 Å². The van der Waals surface area contributed by atoms with Crippen LogP contribution in [0.4, 0.5) is 0 Å². The lowest BCUT2D eigenvalue weighted by atomic mass is 10.2. The summed E-state index contributed by atoms with van der Waals surface area (Å²) in [7, 11) is 0. The van der Waals surface area contributed by atoms with Gasteiger partial charge in [0.05, 0.1) is 5.75 Å². The second-order valence-electron chi connectivity index (χ2n) is 4.51. The molecular weight excluding hydrogens is 308 g/mol. The van der Waals surface area contributed by atoms with Crippen molar-refractivity contribution in [2.75, 3.05) is 19.5 Å². The lowest BCUT2D eigenvalue weighted by Gasteiger charge is -2.18. The number of ether oxygens (including phenoxy) is 2.